The van der Waals surface area contributed by atoms with Crippen LogP contribution in [0.5, 0.6) is 11.5 Å². The highest BCUT2D eigenvalue weighted by atomic mass is 35.5. The minimum atomic E-state index is -1.02. The fourth-order valence-electron chi connectivity index (χ4n) is 2.95. The Balaban J connectivity index is 0.00000544. The minimum Gasteiger partial charge on any atom is -0.490 e. The number of carbonyl (C=O) groups excluding carboxylic acids is 2. The molecule has 1 aliphatic rings. The van der Waals surface area contributed by atoms with E-state index < -0.39 is 24.4 Å². The van der Waals surface area contributed by atoms with Gasteiger partial charge in [-0.05, 0) is 25.0 Å². The van der Waals surface area contributed by atoms with Crippen LogP contribution in [0.3, 0.4) is 0 Å². The maximum Gasteiger partial charge on any atom is 0.413 e. The summed E-state index contributed by atoms with van der Waals surface area (Å²) in [5.41, 5.74) is 5.85. The van der Waals surface area contributed by atoms with Crippen molar-refractivity contribution in [3.05, 3.63) is 24.3 Å². The van der Waals surface area contributed by atoms with Gasteiger partial charge in [-0.25, -0.2) is 4.79 Å². The average Bonchev–Trinajstić information content (AvgIpc) is 2.77. The molecule has 1 aliphatic heterocycles. The fourth-order valence-corrected chi connectivity index (χ4v) is 2.95. The van der Waals surface area contributed by atoms with Crippen molar-refractivity contribution in [3.63, 3.8) is 0 Å². The van der Waals surface area contributed by atoms with Crippen LogP contribution in [-0.2, 0) is 19.0 Å². The van der Waals surface area contributed by atoms with Gasteiger partial charge in [-0.1, -0.05) is 39.8 Å². The van der Waals surface area contributed by atoms with E-state index in [9.17, 15) is 9.59 Å². The molecular weight excluding hydrogens is 452 g/mol. The van der Waals surface area contributed by atoms with Crippen LogP contribution in [-0.4, -0.2) is 68.3 Å². The van der Waals surface area contributed by atoms with Crippen molar-refractivity contribution >= 4 is 24.5 Å². The summed E-state index contributed by atoms with van der Waals surface area (Å²) >= 11 is 0. The first-order valence-corrected chi connectivity index (χ1v) is 11.1. The Morgan fingerprint density at radius 3 is 2.30 bits per heavy atom. The molecule has 1 amide bonds. The summed E-state index contributed by atoms with van der Waals surface area (Å²) in [6, 6.07) is 6.62. The molecule has 0 radical (unpaired) electrons. The Morgan fingerprint density at radius 2 is 1.73 bits per heavy atom. The van der Waals surface area contributed by atoms with Crippen LogP contribution >= 0.6 is 12.4 Å². The van der Waals surface area contributed by atoms with Gasteiger partial charge in [0.25, 0.3) is 6.29 Å². The van der Waals surface area contributed by atoms with E-state index in [0.29, 0.717) is 37.8 Å². The number of rotatable bonds is 10. The molecule has 2 rings (SSSR count). The Hall–Kier alpha value is -2.23. The summed E-state index contributed by atoms with van der Waals surface area (Å²) in [5.74, 6) is 0.373. The molecule has 33 heavy (non-hydrogen) atoms. The van der Waals surface area contributed by atoms with Gasteiger partial charge in [-0.2, -0.15) is 0 Å². The SMILES string of the molecule is CCOc1ccccc1OCC1CN(C(=O)OC(OC(=O)[C@H](N)C(C)C)C(C)C)CCO1.Cl. The lowest BCUT2D eigenvalue weighted by Gasteiger charge is -2.33. The number of carbonyl (C=O) groups is 2. The number of esters is 1. The zero-order chi connectivity index (χ0) is 23.7. The van der Waals surface area contributed by atoms with E-state index in [4.69, 9.17) is 29.4 Å². The van der Waals surface area contributed by atoms with E-state index >= 15 is 0 Å². The fraction of sp³-hybridized carbons (Fsp3) is 0.652. The first kappa shape index (κ1) is 28.8. The third kappa shape index (κ3) is 8.91. The average molecular weight is 489 g/mol. The number of amides is 1. The van der Waals surface area contributed by atoms with Gasteiger partial charge in [-0.3, -0.25) is 4.79 Å². The van der Waals surface area contributed by atoms with Gasteiger partial charge in [0, 0.05) is 12.5 Å². The molecule has 2 unspecified atom stereocenters. The van der Waals surface area contributed by atoms with Gasteiger partial charge >= 0.3 is 12.1 Å². The van der Waals surface area contributed by atoms with Crippen molar-refractivity contribution in [2.45, 2.75) is 53.1 Å². The molecule has 2 N–H and O–H groups in total. The number of halogens is 1. The molecule has 9 nitrogen and oxygen atoms in total. The van der Waals surface area contributed by atoms with Gasteiger partial charge < -0.3 is 34.3 Å². The van der Waals surface area contributed by atoms with E-state index in [2.05, 4.69) is 0 Å². The zero-order valence-electron chi connectivity index (χ0n) is 20.0. The second-order valence-corrected chi connectivity index (χ2v) is 8.33. The largest absolute Gasteiger partial charge is 0.490 e. The maximum absolute atomic E-state index is 12.7. The van der Waals surface area contributed by atoms with Crippen molar-refractivity contribution in [3.8, 4) is 11.5 Å². The Morgan fingerprint density at radius 1 is 1.09 bits per heavy atom. The summed E-state index contributed by atoms with van der Waals surface area (Å²) < 4.78 is 28.0. The molecule has 10 heteroatoms. The van der Waals surface area contributed by atoms with E-state index in [0.717, 1.165) is 0 Å². The lowest BCUT2D eigenvalue weighted by atomic mass is 10.1. The number of nitrogens with two attached hydrogens (primary N) is 1. The van der Waals surface area contributed by atoms with Crippen molar-refractivity contribution in [2.24, 2.45) is 17.6 Å². The van der Waals surface area contributed by atoms with Crippen LogP contribution < -0.4 is 15.2 Å². The third-order valence-electron chi connectivity index (χ3n) is 4.95. The number of benzene rings is 1. The molecule has 1 heterocycles. The second-order valence-electron chi connectivity index (χ2n) is 8.33. The third-order valence-corrected chi connectivity index (χ3v) is 4.95. The molecular formula is C23H37ClN2O7. The van der Waals surface area contributed by atoms with Gasteiger partial charge in [0.1, 0.15) is 18.8 Å². The van der Waals surface area contributed by atoms with Crippen molar-refractivity contribution in [1.82, 2.24) is 4.90 Å². The second kappa shape index (κ2) is 14.1. The predicted octanol–water partition coefficient (Wildman–Crippen LogP) is 3.23. The predicted molar refractivity (Wildman–Crippen MR) is 126 cm³/mol. The number of hydrogen-bond donors (Lipinski definition) is 1. The monoisotopic (exact) mass is 488 g/mol. The van der Waals surface area contributed by atoms with Crippen molar-refractivity contribution < 1.29 is 33.3 Å². The Labute approximate surface area is 202 Å². The van der Waals surface area contributed by atoms with E-state index in [1.807, 2.05) is 45.0 Å². The van der Waals surface area contributed by atoms with E-state index in [-0.39, 0.29) is 37.0 Å². The maximum atomic E-state index is 12.7. The zero-order valence-corrected chi connectivity index (χ0v) is 20.8. The van der Waals surface area contributed by atoms with Gasteiger partial charge in [0.05, 0.1) is 19.8 Å². The van der Waals surface area contributed by atoms with Gasteiger partial charge in [0.2, 0.25) is 0 Å². The standard InChI is InChI=1S/C23H36N2O7.ClH/c1-6-28-18-9-7-8-10-19(18)30-14-17-13-25(11-12-29-17)23(27)32-22(16(4)5)31-21(26)20(24)15(2)3;/h7-10,15-17,20,22H,6,11-14,24H2,1-5H3;1H/t17?,20-,22?;/m1./s1. The van der Waals surface area contributed by atoms with Crippen LogP contribution in [0.25, 0.3) is 0 Å². The summed E-state index contributed by atoms with van der Waals surface area (Å²) in [7, 11) is 0. The molecule has 1 aromatic carbocycles. The molecule has 0 aliphatic carbocycles. The summed E-state index contributed by atoms with van der Waals surface area (Å²) in [6.07, 6.45) is -1.92. The van der Waals surface area contributed by atoms with Crippen LogP contribution in [0.1, 0.15) is 34.6 Å². The number of morpholine rings is 1. The number of para-hydroxylation sites is 2. The lowest BCUT2D eigenvalue weighted by molar-refractivity contribution is -0.180. The molecule has 1 saturated heterocycles. The van der Waals surface area contributed by atoms with Crippen molar-refractivity contribution in [1.29, 1.82) is 0 Å². The molecule has 1 aromatic rings. The normalized spacial score (nSPS) is 17.7. The topological polar surface area (TPSA) is 110 Å². The van der Waals surface area contributed by atoms with Crippen LogP contribution in [0.2, 0.25) is 0 Å². The molecule has 0 aromatic heterocycles. The highest BCUT2D eigenvalue weighted by Crippen LogP contribution is 2.27. The first-order chi connectivity index (χ1) is 15.2. The Bertz CT molecular complexity index is 747. The molecule has 0 saturated carbocycles. The van der Waals surface area contributed by atoms with Crippen LogP contribution in [0.4, 0.5) is 4.79 Å². The Kier molecular flexibility index (Phi) is 12.3. The minimum absolute atomic E-state index is 0. The van der Waals surface area contributed by atoms with Crippen LogP contribution in [0.15, 0.2) is 24.3 Å². The smallest absolute Gasteiger partial charge is 0.413 e. The molecule has 3 atom stereocenters. The molecule has 0 bridgehead atoms. The first-order valence-electron chi connectivity index (χ1n) is 11.1. The summed E-state index contributed by atoms with van der Waals surface area (Å²) in [5, 5.41) is 0. The van der Waals surface area contributed by atoms with Crippen LogP contribution in [0, 0.1) is 11.8 Å². The van der Waals surface area contributed by atoms with E-state index in [1.165, 1.54) is 4.90 Å². The highest BCUT2D eigenvalue weighted by molar-refractivity contribution is 5.85. The number of ether oxygens (including phenoxy) is 5. The lowest BCUT2D eigenvalue weighted by Crippen LogP contribution is -2.49. The molecule has 188 valence electrons. The number of hydrogen-bond acceptors (Lipinski definition) is 8. The van der Waals surface area contributed by atoms with Gasteiger partial charge in [0.15, 0.2) is 11.5 Å². The quantitative estimate of drug-likeness (QED) is 0.395. The van der Waals surface area contributed by atoms with Gasteiger partial charge in [-0.15, -0.1) is 12.4 Å². The summed E-state index contributed by atoms with van der Waals surface area (Å²) in [6.45, 7) is 11.0. The number of nitrogens with zero attached hydrogens (tertiary/aromatic N) is 1. The summed E-state index contributed by atoms with van der Waals surface area (Å²) in [4.78, 5) is 26.5. The molecule has 1 fully saturated rings. The van der Waals surface area contributed by atoms with E-state index in [1.54, 1.807) is 13.8 Å². The molecule has 0 spiro atoms. The highest BCUT2D eigenvalue weighted by Gasteiger charge is 2.31. The van der Waals surface area contributed by atoms with Crippen molar-refractivity contribution in [2.75, 3.05) is 32.9 Å².